The minimum absolute atomic E-state index is 0.0528. The van der Waals surface area contributed by atoms with E-state index >= 15 is 0 Å². The number of amides is 4. The standard InChI is InChI=1S/C27H27FN4O5/c28-19-10-16(12-31-13-27(14-31)8-9-37-15-27)4-5-17(19)11-29-20-3-1-2-18-23(20)26(36)32(25(18)35)21-6-7-22(33)30-24(21)34/h1-5,10,21,29H,6-9,11-15H2,(H,30,33,34). The molecule has 37 heavy (non-hydrogen) atoms. The molecular weight excluding hydrogens is 479 g/mol. The average Bonchev–Trinajstić information content (AvgIpc) is 3.43. The monoisotopic (exact) mass is 506 g/mol. The number of imide groups is 2. The van der Waals surface area contributed by atoms with Crippen molar-refractivity contribution < 1.29 is 28.3 Å². The van der Waals surface area contributed by atoms with E-state index in [2.05, 4.69) is 15.5 Å². The number of nitrogens with one attached hydrogen (secondary N) is 2. The molecule has 10 heteroatoms. The number of rotatable bonds is 6. The Labute approximate surface area is 212 Å². The van der Waals surface area contributed by atoms with Gasteiger partial charge in [0.1, 0.15) is 11.9 Å². The highest BCUT2D eigenvalue weighted by molar-refractivity contribution is 6.25. The van der Waals surface area contributed by atoms with Crippen LogP contribution < -0.4 is 10.6 Å². The van der Waals surface area contributed by atoms with Crippen LogP contribution in [-0.4, -0.2) is 65.8 Å². The van der Waals surface area contributed by atoms with Crippen LogP contribution in [0.5, 0.6) is 0 Å². The van der Waals surface area contributed by atoms with Gasteiger partial charge in [-0.1, -0.05) is 18.2 Å². The van der Waals surface area contributed by atoms with Crippen molar-refractivity contribution in [3.05, 3.63) is 64.5 Å². The molecule has 0 saturated carbocycles. The lowest BCUT2D eigenvalue weighted by molar-refractivity contribution is -0.136. The van der Waals surface area contributed by atoms with Crippen molar-refractivity contribution in [3.8, 4) is 0 Å². The fourth-order valence-electron chi connectivity index (χ4n) is 5.86. The Morgan fingerprint density at radius 3 is 2.68 bits per heavy atom. The lowest BCUT2D eigenvalue weighted by Gasteiger charge is -2.47. The number of piperidine rings is 1. The van der Waals surface area contributed by atoms with Crippen LogP contribution >= 0.6 is 0 Å². The molecule has 3 saturated heterocycles. The van der Waals surface area contributed by atoms with E-state index in [-0.39, 0.29) is 41.7 Å². The summed E-state index contributed by atoms with van der Waals surface area (Å²) in [6.07, 6.45) is 1.23. The first kappa shape index (κ1) is 23.7. The highest BCUT2D eigenvalue weighted by Crippen LogP contribution is 2.39. The quantitative estimate of drug-likeness (QED) is 0.578. The van der Waals surface area contributed by atoms with E-state index in [0.29, 0.717) is 17.8 Å². The van der Waals surface area contributed by atoms with Gasteiger partial charge in [0.25, 0.3) is 11.8 Å². The molecule has 1 unspecified atom stereocenters. The molecule has 2 N–H and O–H groups in total. The minimum atomic E-state index is -1.04. The Kier molecular flexibility index (Phi) is 5.80. The number of nitrogens with zero attached hydrogens (tertiary/aromatic N) is 2. The van der Waals surface area contributed by atoms with Crippen LogP contribution in [0.3, 0.4) is 0 Å². The molecule has 4 amide bonds. The second kappa shape index (κ2) is 9.04. The first-order chi connectivity index (χ1) is 17.8. The fraction of sp³-hybridized carbons (Fsp3) is 0.407. The summed E-state index contributed by atoms with van der Waals surface area (Å²) in [6.45, 7) is 4.38. The number of fused-ring (bicyclic) bond motifs is 1. The predicted molar refractivity (Wildman–Crippen MR) is 130 cm³/mol. The number of halogens is 1. The molecule has 2 aromatic rings. The van der Waals surface area contributed by atoms with Gasteiger partial charge in [-0.3, -0.25) is 34.3 Å². The van der Waals surface area contributed by atoms with Gasteiger partial charge in [-0.05, 0) is 36.6 Å². The van der Waals surface area contributed by atoms with Crippen LogP contribution in [-0.2, 0) is 27.4 Å². The van der Waals surface area contributed by atoms with E-state index in [0.717, 1.165) is 43.2 Å². The van der Waals surface area contributed by atoms with Crippen LogP contribution in [0.1, 0.15) is 51.1 Å². The van der Waals surface area contributed by atoms with Gasteiger partial charge in [0.05, 0.1) is 17.7 Å². The van der Waals surface area contributed by atoms with Gasteiger partial charge < -0.3 is 10.1 Å². The number of likely N-dealkylation sites (tertiary alicyclic amines) is 1. The number of anilines is 1. The van der Waals surface area contributed by atoms with Gasteiger partial charge in [-0.15, -0.1) is 0 Å². The molecule has 1 spiro atoms. The second-order valence-corrected chi connectivity index (χ2v) is 10.4. The molecule has 9 nitrogen and oxygen atoms in total. The smallest absolute Gasteiger partial charge is 0.264 e. The molecule has 0 radical (unpaired) electrons. The third-order valence-corrected chi connectivity index (χ3v) is 7.76. The number of carbonyl (C=O) groups is 4. The maximum Gasteiger partial charge on any atom is 0.264 e. The first-order valence-corrected chi connectivity index (χ1v) is 12.5. The van der Waals surface area contributed by atoms with Gasteiger partial charge in [-0.25, -0.2) is 4.39 Å². The van der Waals surface area contributed by atoms with Crippen molar-refractivity contribution >= 4 is 29.3 Å². The van der Waals surface area contributed by atoms with Gasteiger partial charge in [-0.2, -0.15) is 0 Å². The lowest BCUT2D eigenvalue weighted by atomic mass is 9.79. The van der Waals surface area contributed by atoms with Crippen LogP contribution in [0.15, 0.2) is 36.4 Å². The molecule has 1 atom stereocenters. The van der Waals surface area contributed by atoms with E-state index in [9.17, 15) is 23.6 Å². The zero-order valence-corrected chi connectivity index (χ0v) is 20.2. The molecule has 6 rings (SSSR count). The molecular formula is C27H27FN4O5. The van der Waals surface area contributed by atoms with Gasteiger partial charge in [0.15, 0.2) is 0 Å². The highest BCUT2D eigenvalue weighted by Gasteiger charge is 2.46. The molecule has 3 fully saturated rings. The van der Waals surface area contributed by atoms with E-state index in [1.54, 1.807) is 24.3 Å². The maximum atomic E-state index is 14.9. The van der Waals surface area contributed by atoms with Crippen LogP contribution in [0.25, 0.3) is 0 Å². The first-order valence-electron chi connectivity index (χ1n) is 12.5. The fourth-order valence-corrected chi connectivity index (χ4v) is 5.86. The average molecular weight is 507 g/mol. The summed E-state index contributed by atoms with van der Waals surface area (Å²) >= 11 is 0. The molecule has 4 aliphatic rings. The maximum absolute atomic E-state index is 14.9. The summed E-state index contributed by atoms with van der Waals surface area (Å²) in [7, 11) is 0. The molecule has 4 aliphatic heterocycles. The lowest BCUT2D eigenvalue weighted by Crippen LogP contribution is -2.56. The van der Waals surface area contributed by atoms with E-state index in [1.165, 1.54) is 6.07 Å². The number of hydrogen-bond donors (Lipinski definition) is 2. The summed E-state index contributed by atoms with van der Waals surface area (Å²) in [5, 5.41) is 5.28. The van der Waals surface area contributed by atoms with Crippen LogP contribution in [0.4, 0.5) is 10.1 Å². The third-order valence-electron chi connectivity index (χ3n) is 7.76. The molecule has 192 valence electrons. The molecule has 4 heterocycles. The summed E-state index contributed by atoms with van der Waals surface area (Å²) in [6, 6.07) is 8.96. The van der Waals surface area contributed by atoms with Crippen LogP contribution in [0.2, 0.25) is 0 Å². The number of hydrogen-bond acceptors (Lipinski definition) is 7. The Balaban J connectivity index is 1.13. The van der Waals surface area contributed by atoms with E-state index in [4.69, 9.17) is 4.74 Å². The number of benzene rings is 2. The van der Waals surface area contributed by atoms with Crippen LogP contribution in [0, 0.1) is 11.2 Å². The minimum Gasteiger partial charge on any atom is -0.381 e. The van der Waals surface area contributed by atoms with E-state index in [1.807, 2.05) is 6.07 Å². The summed E-state index contributed by atoms with van der Waals surface area (Å²) in [4.78, 5) is 53.2. The largest absolute Gasteiger partial charge is 0.381 e. The molecule has 2 aromatic carbocycles. The summed E-state index contributed by atoms with van der Waals surface area (Å²) < 4.78 is 20.5. The van der Waals surface area contributed by atoms with Gasteiger partial charge in [0, 0.05) is 55.9 Å². The summed E-state index contributed by atoms with van der Waals surface area (Å²) in [5.74, 6) is -2.61. The zero-order valence-electron chi connectivity index (χ0n) is 20.2. The zero-order chi connectivity index (χ0) is 25.7. The topological polar surface area (TPSA) is 108 Å². The Morgan fingerprint density at radius 2 is 1.95 bits per heavy atom. The highest BCUT2D eigenvalue weighted by atomic mass is 19.1. The Morgan fingerprint density at radius 1 is 1.11 bits per heavy atom. The summed E-state index contributed by atoms with van der Waals surface area (Å²) in [5.41, 5.74) is 2.33. The van der Waals surface area contributed by atoms with Crippen molar-refractivity contribution in [2.24, 2.45) is 5.41 Å². The SMILES string of the molecule is O=C1CCC(N2C(=O)c3cccc(NCc4ccc(CN5CC6(CCOC6)C5)cc4F)c3C2=O)C(=O)N1. The van der Waals surface area contributed by atoms with Crippen molar-refractivity contribution in [1.82, 2.24) is 15.1 Å². The number of ether oxygens (including phenoxy) is 1. The van der Waals surface area contributed by atoms with Crippen molar-refractivity contribution in [1.29, 1.82) is 0 Å². The Bertz CT molecular complexity index is 1310. The van der Waals surface area contributed by atoms with E-state index < -0.39 is 29.7 Å². The number of carbonyl (C=O) groups excluding carboxylic acids is 4. The second-order valence-electron chi connectivity index (χ2n) is 10.4. The molecule has 0 aromatic heterocycles. The Hall–Kier alpha value is -3.63. The van der Waals surface area contributed by atoms with Gasteiger partial charge >= 0.3 is 0 Å². The molecule has 0 bridgehead atoms. The van der Waals surface area contributed by atoms with Crippen molar-refractivity contribution in [2.45, 2.75) is 38.4 Å². The predicted octanol–water partition coefficient (Wildman–Crippen LogP) is 2.06. The molecule has 0 aliphatic carbocycles. The normalized spacial score (nSPS) is 22.8. The third kappa shape index (κ3) is 4.19. The van der Waals surface area contributed by atoms with Gasteiger partial charge in [0.2, 0.25) is 11.8 Å². The van der Waals surface area contributed by atoms with Crippen molar-refractivity contribution in [2.75, 3.05) is 31.6 Å². The van der Waals surface area contributed by atoms with Crippen molar-refractivity contribution in [3.63, 3.8) is 0 Å².